The van der Waals surface area contributed by atoms with E-state index in [1.165, 1.54) is 5.56 Å². The van der Waals surface area contributed by atoms with Crippen LogP contribution in [0.25, 0.3) is 0 Å². The molecule has 104 valence electrons. The molecule has 5 nitrogen and oxygen atoms in total. The van der Waals surface area contributed by atoms with Gasteiger partial charge in [0.1, 0.15) is 5.01 Å². The molecule has 0 radical (unpaired) electrons. The highest BCUT2D eigenvalue weighted by atomic mass is 32.1. The lowest BCUT2D eigenvalue weighted by atomic mass is 10.1. The summed E-state index contributed by atoms with van der Waals surface area (Å²) in [6.07, 6.45) is 3.03. The zero-order valence-corrected chi connectivity index (χ0v) is 13.0. The van der Waals surface area contributed by atoms with Crippen LogP contribution >= 0.6 is 11.3 Å². The van der Waals surface area contributed by atoms with E-state index in [2.05, 4.69) is 41.4 Å². The van der Waals surface area contributed by atoms with Gasteiger partial charge in [-0.3, -0.25) is 4.68 Å². The zero-order valence-electron chi connectivity index (χ0n) is 12.1. The van der Waals surface area contributed by atoms with E-state index in [-0.39, 0.29) is 6.04 Å². The summed E-state index contributed by atoms with van der Waals surface area (Å²) in [5.74, 6) is 0.610. The van der Waals surface area contributed by atoms with Crippen LogP contribution in [0.5, 0.6) is 0 Å². The fourth-order valence-electron chi connectivity index (χ4n) is 2.05. The summed E-state index contributed by atoms with van der Waals surface area (Å²) >= 11 is 1.64. The van der Waals surface area contributed by atoms with Crippen LogP contribution in [0.4, 0.5) is 5.13 Å². The second-order valence-corrected chi connectivity index (χ2v) is 6.37. The Hall–Kier alpha value is -1.43. The van der Waals surface area contributed by atoms with E-state index in [1.54, 1.807) is 11.3 Å². The van der Waals surface area contributed by atoms with Crippen LogP contribution in [0.1, 0.15) is 43.1 Å². The van der Waals surface area contributed by atoms with Crippen LogP contribution in [0.3, 0.4) is 0 Å². The fraction of sp³-hybridized carbons (Fsp3) is 0.615. The van der Waals surface area contributed by atoms with Gasteiger partial charge < -0.3 is 5.32 Å². The molecule has 19 heavy (non-hydrogen) atoms. The molecule has 1 N–H and O–H groups in total. The minimum Gasteiger partial charge on any atom is -0.353 e. The molecule has 0 saturated heterocycles. The zero-order chi connectivity index (χ0) is 14.0. The first-order valence-electron chi connectivity index (χ1n) is 6.54. The highest BCUT2D eigenvalue weighted by molar-refractivity contribution is 7.15. The summed E-state index contributed by atoms with van der Waals surface area (Å²) in [4.78, 5) is 0. The van der Waals surface area contributed by atoms with Crippen molar-refractivity contribution in [1.29, 1.82) is 0 Å². The molecule has 0 aliphatic rings. The maximum Gasteiger partial charge on any atom is 0.206 e. The summed E-state index contributed by atoms with van der Waals surface area (Å²) in [5, 5.41) is 18.1. The SMILES string of the molecule is Cc1nn(C)cc1C(C)Nc1nnc(CC(C)C)s1. The fourth-order valence-corrected chi connectivity index (χ4v) is 3.09. The quantitative estimate of drug-likeness (QED) is 0.914. The molecule has 0 aliphatic carbocycles. The van der Waals surface area contributed by atoms with Gasteiger partial charge in [0.2, 0.25) is 5.13 Å². The van der Waals surface area contributed by atoms with Crippen LogP contribution in [-0.2, 0) is 13.5 Å². The first-order chi connectivity index (χ1) is 8.95. The topological polar surface area (TPSA) is 55.6 Å². The second kappa shape index (κ2) is 5.69. The number of nitrogens with zero attached hydrogens (tertiary/aromatic N) is 4. The third kappa shape index (κ3) is 3.53. The molecule has 2 heterocycles. The molecular weight excluding hydrogens is 258 g/mol. The predicted molar refractivity (Wildman–Crippen MR) is 78.4 cm³/mol. The van der Waals surface area contributed by atoms with Gasteiger partial charge in [-0.15, -0.1) is 10.2 Å². The van der Waals surface area contributed by atoms with Crippen molar-refractivity contribution in [2.45, 2.75) is 40.2 Å². The first kappa shape index (κ1) is 14.0. The lowest BCUT2D eigenvalue weighted by Gasteiger charge is -2.11. The van der Waals surface area contributed by atoms with Crippen LogP contribution in [-0.4, -0.2) is 20.0 Å². The Morgan fingerprint density at radius 3 is 2.63 bits per heavy atom. The minimum atomic E-state index is 0.188. The van der Waals surface area contributed by atoms with Gasteiger partial charge in [-0.25, -0.2) is 0 Å². The van der Waals surface area contributed by atoms with E-state index in [0.717, 1.165) is 22.3 Å². The summed E-state index contributed by atoms with van der Waals surface area (Å²) < 4.78 is 1.84. The van der Waals surface area contributed by atoms with Gasteiger partial charge in [-0.2, -0.15) is 5.10 Å². The van der Waals surface area contributed by atoms with E-state index in [9.17, 15) is 0 Å². The molecule has 0 fully saturated rings. The third-order valence-electron chi connectivity index (χ3n) is 2.91. The van der Waals surface area contributed by atoms with Gasteiger partial charge in [0, 0.05) is 25.2 Å². The number of rotatable bonds is 5. The molecule has 0 bridgehead atoms. The molecule has 0 amide bonds. The van der Waals surface area contributed by atoms with Gasteiger partial charge in [0.25, 0.3) is 0 Å². The number of hydrogen-bond acceptors (Lipinski definition) is 5. The minimum absolute atomic E-state index is 0.188. The highest BCUT2D eigenvalue weighted by Gasteiger charge is 2.14. The maximum absolute atomic E-state index is 4.36. The van der Waals surface area contributed by atoms with Crippen molar-refractivity contribution >= 4 is 16.5 Å². The number of aromatic nitrogens is 4. The van der Waals surface area contributed by atoms with Gasteiger partial charge in [-0.05, 0) is 19.8 Å². The molecule has 6 heteroatoms. The predicted octanol–water partition coefficient (Wildman–Crippen LogP) is 2.95. The Bertz CT molecular complexity index is 543. The van der Waals surface area contributed by atoms with Crippen LogP contribution in [0, 0.1) is 12.8 Å². The lowest BCUT2D eigenvalue weighted by molar-refractivity contribution is 0.640. The highest BCUT2D eigenvalue weighted by Crippen LogP contribution is 2.24. The summed E-state index contributed by atoms with van der Waals surface area (Å²) in [5.41, 5.74) is 2.25. The second-order valence-electron chi connectivity index (χ2n) is 5.31. The van der Waals surface area contributed by atoms with E-state index in [4.69, 9.17) is 0 Å². The maximum atomic E-state index is 4.36. The van der Waals surface area contributed by atoms with Crippen molar-refractivity contribution in [3.63, 3.8) is 0 Å². The van der Waals surface area contributed by atoms with E-state index >= 15 is 0 Å². The smallest absolute Gasteiger partial charge is 0.206 e. The number of aryl methyl sites for hydroxylation is 2. The Morgan fingerprint density at radius 1 is 1.32 bits per heavy atom. The van der Waals surface area contributed by atoms with Gasteiger partial charge in [0.15, 0.2) is 0 Å². The molecule has 1 unspecified atom stereocenters. The van der Waals surface area contributed by atoms with E-state index in [1.807, 2.05) is 24.9 Å². The molecule has 1 atom stereocenters. The lowest BCUT2D eigenvalue weighted by Crippen LogP contribution is -2.06. The summed E-state index contributed by atoms with van der Waals surface area (Å²) in [7, 11) is 1.94. The monoisotopic (exact) mass is 279 g/mol. The van der Waals surface area contributed by atoms with Crippen molar-refractivity contribution in [2.24, 2.45) is 13.0 Å². The van der Waals surface area contributed by atoms with Gasteiger partial charge >= 0.3 is 0 Å². The van der Waals surface area contributed by atoms with Crippen molar-refractivity contribution in [3.05, 3.63) is 22.5 Å². The van der Waals surface area contributed by atoms with Crippen LogP contribution in [0.15, 0.2) is 6.20 Å². The Labute approximate surface area is 118 Å². The normalized spacial score (nSPS) is 12.9. The van der Waals surface area contributed by atoms with Crippen LogP contribution in [0.2, 0.25) is 0 Å². The molecule has 0 aromatic carbocycles. The van der Waals surface area contributed by atoms with Crippen LogP contribution < -0.4 is 5.32 Å². The third-order valence-corrected chi connectivity index (χ3v) is 3.78. The van der Waals surface area contributed by atoms with Crippen molar-refractivity contribution in [3.8, 4) is 0 Å². The van der Waals surface area contributed by atoms with Gasteiger partial charge in [0.05, 0.1) is 11.7 Å². The number of nitrogens with one attached hydrogen (secondary N) is 1. The summed E-state index contributed by atoms with van der Waals surface area (Å²) in [6.45, 7) is 8.53. The standard InChI is InChI=1S/C13H21N5S/c1-8(2)6-12-15-16-13(19-12)14-9(3)11-7-18(5)17-10(11)4/h7-9H,6H2,1-5H3,(H,14,16). The molecule has 0 spiro atoms. The molecule has 0 aliphatic heterocycles. The van der Waals surface area contributed by atoms with E-state index < -0.39 is 0 Å². The van der Waals surface area contributed by atoms with Crippen molar-refractivity contribution in [2.75, 3.05) is 5.32 Å². The first-order valence-corrected chi connectivity index (χ1v) is 7.36. The average Bonchev–Trinajstić information content (AvgIpc) is 2.84. The largest absolute Gasteiger partial charge is 0.353 e. The Morgan fingerprint density at radius 2 is 2.05 bits per heavy atom. The molecule has 2 rings (SSSR count). The average molecular weight is 279 g/mol. The summed E-state index contributed by atoms with van der Waals surface area (Å²) in [6, 6.07) is 0.188. The number of hydrogen-bond donors (Lipinski definition) is 1. The molecular formula is C13H21N5S. The van der Waals surface area contributed by atoms with Crippen molar-refractivity contribution in [1.82, 2.24) is 20.0 Å². The number of anilines is 1. The van der Waals surface area contributed by atoms with Gasteiger partial charge in [-0.1, -0.05) is 25.2 Å². The molecule has 2 aromatic rings. The van der Waals surface area contributed by atoms with E-state index in [0.29, 0.717) is 5.92 Å². The van der Waals surface area contributed by atoms with Crippen molar-refractivity contribution < 1.29 is 0 Å². The molecule has 0 saturated carbocycles. The molecule has 2 aromatic heterocycles. The Kier molecular flexibility index (Phi) is 4.19. The Balaban J connectivity index is 2.04.